The van der Waals surface area contributed by atoms with Crippen LogP contribution < -0.4 is 10.6 Å². The number of carbonyl (C=O) groups excluding carboxylic acids is 1. The van der Waals surface area contributed by atoms with E-state index < -0.39 is 0 Å². The van der Waals surface area contributed by atoms with E-state index in [-0.39, 0.29) is 5.91 Å². The van der Waals surface area contributed by atoms with Gasteiger partial charge in [0, 0.05) is 25.0 Å². The lowest BCUT2D eigenvalue weighted by molar-refractivity contribution is -0.119. The second-order valence-electron chi connectivity index (χ2n) is 4.45. The van der Waals surface area contributed by atoms with E-state index >= 15 is 0 Å². The number of thiophene rings is 1. The molecule has 2 N–H and O–H groups in total. The van der Waals surface area contributed by atoms with Crippen LogP contribution in [0.15, 0.2) is 16.8 Å². The standard InChI is InChI=1S/C12H18N2OS/c1-9(6-10-4-5-16-8-10)13-7-11-2-3-12(15)14-11/h4-5,8-9,11,13H,2-3,6-7H2,1H3,(H,14,15). The van der Waals surface area contributed by atoms with E-state index in [1.54, 1.807) is 11.3 Å². The summed E-state index contributed by atoms with van der Waals surface area (Å²) in [5.74, 6) is 0.192. The molecule has 16 heavy (non-hydrogen) atoms. The maximum Gasteiger partial charge on any atom is 0.220 e. The van der Waals surface area contributed by atoms with Crippen LogP contribution in [-0.4, -0.2) is 24.5 Å². The topological polar surface area (TPSA) is 41.1 Å². The smallest absolute Gasteiger partial charge is 0.220 e. The lowest BCUT2D eigenvalue weighted by Crippen LogP contribution is -2.40. The second kappa shape index (κ2) is 5.46. The zero-order valence-corrected chi connectivity index (χ0v) is 10.3. The van der Waals surface area contributed by atoms with Crippen molar-refractivity contribution >= 4 is 17.2 Å². The van der Waals surface area contributed by atoms with Crippen LogP contribution in [0, 0.1) is 0 Å². The second-order valence-corrected chi connectivity index (χ2v) is 5.23. The number of hydrogen-bond acceptors (Lipinski definition) is 3. The van der Waals surface area contributed by atoms with Crippen LogP contribution >= 0.6 is 11.3 Å². The highest BCUT2D eigenvalue weighted by Crippen LogP contribution is 2.09. The number of nitrogens with one attached hydrogen (secondary N) is 2. The molecule has 0 saturated carbocycles. The van der Waals surface area contributed by atoms with Crippen LogP contribution in [-0.2, 0) is 11.2 Å². The fourth-order valence-corrected chi connectivity index (χ4v) is 2.69. The molecule has 1 aliphatic rings. The van der Waals surface area contributed by atoms with Gasteiger partial charge in [0.15, 0.2) is 0 Å². The first-order chi connectivity index (χ1) is 7.74. The van der Waals surface area contributed by atoms with Crippen molar-refractivity contribution in [1.82, 2.24) is 10.6 Å². The number of amides is 1. The molecular formula is C12H18N2OS. The summed E-state index contributed by atoms with van der Waals surface area (Å²) in [6.07, 6.45) is 2.71. The first-order valence-corrected chi connectivity index (χ1v) is 6.72. The Morgan fingerprint density at radius 2 is 2.56 bits per heavy atom. The Morgan fingerprint density at radius 3 is 3.19 bits per heavy atom. The van der Waals surface area contributed by atoms with Crippen LogP contribution in [0.3, 0.4) is 0 Å². The van der Waals surface area contributed by atoms with Gasteiger partial charge in [-0.3, -0.25) is 4.79 Å². The molecule has 2 rings (SSSR count). The fourth-order valence-electron chi connectivity index (χ4n) is 2.01. The van der Waals surface area contributed by atoms with Gasteiger partial charge in [-0.1, -0.05) is 0 Å². The Morgan fingerprint density at radius 1 is 1.69 bits per heavy atom. The van der Waals surface area contributed by atoms with Gasteiger partial charge in [0.1, 0.15) is 0 Å². The maximum absolute atomic E-state index is 11.0. The summed E-state index contributed by atoms with van der Waals surface area (Å²) in [6, 6.07) is 2.96. The van der Waals surface area contributed by atoms with E-state index in [4.69, 9.17) is 0 Å². The van der Waals surface area contributed by atoms with Crippen LogP contribution in [0.25, 0.3) is 0 Å². The maximum atomic E-state index is 11.0. The summed E-state index contributed by atoms with van der Waals surface area (Å²) < 4.78 is 0. The third kappa shape index (κ3) is 3.32. The number of rotatable bonds is 5. The van der Waals surface area contributed by atoms with E-state index in [1.807, 2.05) is 0 Å². The predicted molar refractivity (Wildman–Crippen MR) is 66.7 cm³/mol. The van der Waals surface area contributed by atoms with Gasteiger partial charge < -0.3 is 10.6 Å². The fraction of sp³-hybridized carbons (Fsp3) is 0.583. The van der Waals surface area contributed by atoms with Gasteiger partial charge in [-0.15, -0.1) is 0 Å². The highest BCUT2D eigenvalue weighted by atomic mass is 32.1. The van der Waals surface area contributed by atoms with Gasteiger partial charge >= 0.3 is 0 Å². The van der Waals surface area contributed by atoms with Crippen molar-refractivity contribution in [3.05, 3.63) is 22.4 Å². The van der Waals surface area contributed by atoms with Gasteiger partial charge in [-0.2, -0.15) is 11.3 Å². The molecule has 0 spiro atoms. The van der Waals surface area contributed by atoms with Gasteiger partial charge in [0.25, 0.3) is 0 Å². The zero-order valence-electron chi connectivity index (χ0n) is 9.53. The number of carbonyl (C=O) groups is 1. The molecule has 0 aliphatic carbocycles. The highest BCUT2D eigenvalue weighted by Gasteiger charge is 2.20. The van der Waals surface area contributed by atoms with Crippen LogP contribution in [0.2, 0.25) is 0 Å². The molecule has 1 aromatic heterocycles. The molecule has 1 amide bonds. The van der Waals surface area contributed by atoms with E-state index in [1.165, 1.54) is 5.56 Å². The SMILES string of the molecule is CC(Cc1ccsc1)NCC1CCC(=O)N1. The Kier molecular flexibility index (Phi) is 3.96. The van der Waals surface area contributed by atoms with Crippen molar-refractivity contribution in [2.45, 2.75) is 38.3 Å². The molecule has 3 nitrogen and oxygen atoms in total. The quantitative estimate of drug-likeness (QED) is 0.817. The molecule has 2 heterocycles. The van der Waals surface area contributed by atoms with Crippen molar-refractivity contribution in [2.75, 3.05) is 6.54 Å². The summed E-state index contributed by atoms with van der Waals surface area (Å²) in [4.78, 5) is 11.0. The Bertz CT molecular complexity index is 337. The van der Waals surface area contributed by atoms with Crippen molar-refractivity contribution in [3.63, 3.8) is 0 Å². The van der Waals surface area contributed by atoms with Crippen molar-refractivity contribution in [3.8, 4) is 0 Å². The normalized spacial score (nSPS) is 22.1. The van der Waals surface area contributed by atoms with Crippen molar-refractivity contribution in [2.24, 2.45) is 0 Å². The molecule has 2 atom stereocenters. The summed E-state index contributed by atoms with van der Waals surface area (Å²) in [5.41, 5.74) is 1.39. The number of hydrogen-bond donors (Lipinski definition) is 2. The molecule has 4 heteroatoms. The van der Waals surface area contributed by atoms with E-state index in [9.17, 15) is 4.79 Å². The summed E-state index contributed by atoms with van der Waals surface area (Å²) in [5, 5.41) is 10.7. The molecule has 1 aliphatic heterocycles. The minimum Gasteiger partial charge on any atom is -0.352 e. The minimum atomic E-state index is 0.192. The molecule has 1 saturated heterocycles. The average Bonchev–Trinajstić information content (AvgIpc) is 2.87. The summed E-state index contributed by atoms with van der Waals surface area (Å²) >= 11 is 1.74. The van der Waals surface area contributed by atoms with Crippen LogP contribution in [0.1, 0.15) is 25.3 Å². The Hall–Kier alpha value is -0.870. The highest BCUT2D eigenvalue weighted by molar-refractivity contribution is 7.07. The first-order valence-electron chi connectivity index (χ1n) is 5.78. The van der Waals surface area contributed by atoms with Crippen molar-refractivity contribution in [1.29, 1.82) is 0 Å². The third-order valence-corrected chi connectivity index (χ3v) is 3.65. The lowest BCUT2D eigenvalue weighted by atomic mass is 10.1. The van der Waals surface area contributed by atoms with Crippen LogP contribution in [0.5, 0.6) is 0 Å². The Labute approximate surface area is 100 Å². The molecule has 1 aromatic rings. The summed E-state index contributed by atoms with van der Waals surface area (Å²) in [6.45, 7) is 3.07. The van der Waals surface area contributed by atoms with E-state index in [0.717, 1.165) is 19.4 Å². The first kappa shape index (κ1) is 11.6. The molecule has 2 unspecified atom stereocenters. The van der Waals surface area contributed by atoms with Gasteiger partial charge in [-0.25, -0.2) is 0 Å². The molecule has 88 valence electrons. The third-order valence-electron chi connectivity index (χ3n) is 2.92. The summed E-state index contributed by atoms with van der Waals surface area (Å²) in [7, 11) is 0. The molecule has 0 aromatic carbocycles. The minimum absolute atomic E-state index is 0.192. The van der Waals surface area contributed by atoms with Gasteiger partial charge in [0.05, 0.1) is 0 Å². The molecule has 0 bridgehead atoms. The zero-order chi connectivity index (χ0) is 11.4. The monoisotopic (exact) mass is 238 g/mol. The van der Waals surface area contributed by atoms with Crippen molar-refractivity contribution < 1.29 is 4.79 Å². The predicted octanol–water partition coefficient (Wildman–Crippen LogP) is 1.55. The average molecular weight is 238 g/mol. The Balaban J connectivity index is 1.68. The van der Waals surface area contributed by atoms with Gasteiger partial charge in [-0.05, 0) is 42.2 Å². The van der Waals surface area contributed by atoms with E-state index in [2.05, 4.69) is 34.4 Å². The molecular weight excluding hydrogens is 220 g/mol. The van der Waals surface area contributed by atoms with E-state index in [0.29, 0.717) is 18.5 Å². The lowest BCUT2D eigenvalue weighted by Gasteiger charge is -2.16. The van der Waals surface area contributed by atoms with Gasteiger partial charge in [0.2, 0.25) is 5.91 Å². The molecule has 1 fully saturated rings. The molecule has 0 radical (unpaired) electrons. The largest absolute Gasteiger partial charge is 0.352 e. The van der Waals surface area contributed by atoms with Crippen LogP contribution in [0.4, 0.5) is 0 Å².